The third-order valence-electron chi connectivity index (χ3n) is 8.88. The number of aliphatic carboxylic acids is 1. The molecule has 0 amide bonds. The summed E-state index contributed by atoms with van der Waals surface area (Å²) in [5, 5.41) is 9.65. The molecule has 2 heteroatoms. The molecular weight excluding hydrogens is 272 g/mol. The van der Waals surface area contributed by atoms with Crippen LogP contribution >= 0.6 is 0 Å². The third kappa shape index (κ3) is 1.88. The van der Waals surface area contributed by atoms with Crippen molar-refractivity contribution in [3.63, 3.8) is 0 Å². The lowest BCUT2D eigenvalue weighted by molar-refractivity contribution is -0.152. The number of hydrogen-bond acceptors (Lipinski definition) is 1. The fourth-order valence-electron chi connectivity index (χ4n) is 7.70. The summed E-state index contributed by atoms with van der Waals surface area (Å²) in [6, 6.07) is 0. The van der Waals surface area contributed by atoms with Crippen molar-refractivity contribution in [3.05, 3.63) is 0 Å². The van der Waals surface area contributed by atoms with Gasteiger partial charge in [0.25, 0.3) is 0 Å². The summed E-state index contributed by atoms with van der Waals surface area (Å²) in [6.45, 7) is 4.91. The minimum absolute atomic E-state index is 0.0738. The van der Waals surface area contributed by atoms with E-state index >= 15 is 0 Å². The fourth-order valence-corrected chi connectivity index (χ4v) is 7.70. The Kier molecular flexibility index (Phi) is 3.40. The lowest BCUT2D eigenvalue weighted by atomic mass is 9.45. The van der Waals surface area contributed by atoms with Crippen LogP contribution in [-0.4, -0.2) is 11.1 Å². The molecule has 4 fully saturated rings. The Labute approximate surface area is 135 Å². The van der Waals surface area contributed by atoms with E-state index in [4.69, 9.17) is 0 Å². The van der Waals surface area contributed by atoms with Gasteiger partial charge in [0, 0.05) is 0 Å². The van der Waals surface area contributed by atoms with Crippen LogP contribution < -0.4 is 0 Å². The number of carbonyl (C=O) groups is 1. The lowest BCUT2D eigenvalue weighted by Gasteiger charge is -2.60. The van der Waals surface area contributed by atoms with Crippen molar-refractivity contribution in [1.29, 1.82) is 0 Å². The van der Waals surface area contributed by atoms with Gasteiger partial charge in [0.15, 0.2) is 0 Å². The first-order valence-electron chi connectivity index (χ1n) is 9.69. The van der Waals surface area contributed by atoms with E-state index in [1.807, 2.05) is 0 Å². The Hall–Kier alpha value is -0.530. The zero-order valence-corrected chi connectivity index (χ0v) is 14.3. The first kappa shape index (κ1) is 15.0. The van der Waals surface area contributed by atoms with Gasteiger partial charge in [-0.1, -0.05) is 26.7 Å². The highest BCUT2D eigenvalue weighted by molar-refractivity contribution is 5.71. The van der Waals surface area contributed by atoms with Crippen LogP contribution in [0, 0.1) is 40.4 Å². The Bertz CT molecular complexity index is 472. The second-order valence-corrected chi connectivity index (χ2v) is 9.42. The molecule has 0 radical (unpaired) electrons. The van der Waals surface area contributed by atoms with Gasteiger partial charge in [-0.2, -0.15) is 0 Å². The molecule has 0 aliphatic heterocycles. The summed E-state index contributed by atoms with van der Waals surface area (Å²) in [6.07, 6.45) is 13.1. The van der Waals surface area contributed by atoms with E-state index in [0.29, 0.717) is 11.3 Å². The number of carboxylic acid groups (broad SMARTS) is 1. The van der Waals surface area contributed by atoms with Crippen molar-refractivity contribution < 1.29 is 9.90 Å². The predicted molar refractivity (Wildman–Crippen MR) is 87.5 cm³/mol. The molecule has 0 aromatic heterocycles. The van der Waals surface area contributed by atoms with E-state index in [1.54, 1.807) is 0 Å². The number of fused-ring (bicyclic) bond motifs is 5. The van der Waals surface area contributed by atoms with Gasteiger partial charge in [0.2, 0.25) is 0 Å². The molecule has 7 atom stereocenters. The smallest absolute Gasteiger partial charge is 0.307 e. The molecule has 4 rings (SSSR count). The molecule has 0 aromatic carbocycles. The summed E-state index contributed by atoms with van der Waals surface area (Å²) >= 11 is 0. The topological polar surface area (TPSA) is 37.3 Å². The van der Waals surface area contributed by atoms with E-state index in [1.165, 1.54) is 51.4 Å². The molecular formula is C20H32O2. The van der Waals surface area contributed by atoms with Crippen LogP contribution in [0.3, 0.4) is 0 Å². The van der Waals surface area contributed by atoms with Crippen molar-refractivity contribution in [2.75, 3.05) is 0 Å². The molecule has 4 aliphatic rings. The van der Waals surface area contributed by atoms with Gasteiger partial charge < -0.3 is 5.11 Å². The fraction of sp³-hybridized carbons (Fsp3) is 0.950. The highest BCUT2D eigenvalue weighted by Gasteiger charge is 2.60. The van der Waals surface area contributed by atoms with E-state index in [0.717, 1.165) is 30.6 Å². The van der Waals surface area contributed by atoms with Crippen LogP contribution in [0.1, 0.15) is 78.1 Å². The zero-order chi connectivity index (χ0) is 15.5. The van der Waals surface area contributed by atoms with Gasteiger partial charge in [-0.05, 0) is 85.9 Å². The molecule has 0 heterocycles. The maximum Gasteiger partial charge on any atom is 0.307 e. The maximum absolute atomic E-state index is 11.7. The Balaban J connectivity index is 1.63. The standard InChI is InChI=1S/C20H32O2/c1-19-11-4-3-5-13(19)6-7-14-15-8-9-17(18(21)22)20(15,2)12-10-16(14)19/h13-17H,3-12H2,1-2H3,(H,21,22)/t13-,14+,15+,16+,17-,19+,20+/m1/s1. The average molecular weight is 304 g/mol. The average Bonchev–Trinajstić information content (AvgIpc) is 2.84. The molecule has 0 aromatic rings. The quantitative estimate of drug-likeness (QED) is 0.730. The second-order valence-electron chi connectivity index (χ2n) is 9.42. The van der Waals surface area contributed by atoms with Crippen LogP contribution in [0.5, 0.6) is 0 Å². The van der Waals surface area contributed by atoms with Crippen molar-refractivity contribution >= 4 is 5.97 Å². The molecule has 22 heavy (non-hydrogen) atoms. The van der Waals surface area contributed by atoms with E-state index in [9.17, 15) is 9.90 Å². The number of rotatable bonds is 1. The molecule has 0 unspecified atom stereocenters. The summed E-state index contributed by atoms with van der Waals surface area (Å²) < 4.78 is 0. The molecule has 124 valence electrons. The van der Waals surface area contributed by atoms with Gasteiger partial charge >= 0.3 is 5.97 Å². The van der Waals surface area contributed by atoms with Crippen LogP contribution in [0.15, 0.2) is 0 Å². The van der Waals surface area contributed by atoms with Gasteiger partial charge in [0.1, 0.15) is 0 Å². The normalized spacial score (nSPS) is 54.2. The first-order valence-corrected chi connectivity index (χ1v) is 9.69. The van der Waals surface area contributed by atoms with Crippen LogP contribution in [-0.2, 0) is 4.79 Å². The van der Waals surface area contributed by atoms with Crippen LogP contribution in [0.25, 0.3) is 0 Å². The maximum atomic E-state index is 11.7. The van der Waals surface area contributed by atoms with E-state index in [2.05, 4.69) is 13.8 Å². The molecule has 4 saturated carbocycles. The minimum atomic E-state index is -0.527. The largest absolute Gasteiger partial charge is 0.481 e. The zero-order valence-electron chi connectivity index (χ0n) is 14.3. The third-order valence-corrected chi connectivity index (χ3v) is 8.88. The summed E-state index contributed by atoms with van der Waals surface area (Å²) in [5.74, 6) is 2.76. The van der Waals surface area contributed by atoms with Crippen molar-refractivity contribution in [2.45, 2.75) is 78.1 Å². The molecule has 0 spiro atoms. The summed E-state index contributed by atoms with van der Waals surface area (Å²) in [5.41, 5.74) is 0.661. The number of hydrogen-bond donors (Lipinski definition) is 1. The predicted octanol–water partition coefficient (Wildman–Crippen LogP) is 5.12. The first-order chi connectivity index (χ1) is 10.5. The highest BCUT2D eigenvalue weighted by Crippen LogP contribution is 2.67. The number of carboxylic acids is 1. The molecule has 4 aliphatic carbocycles. The Morgan fingerprint density at radius 2 is 1.64 bits per heavy atom. The van der Waals surface area contributed by atoms with Crippen molar-refractivity contribution in [1.82, 2.24) is 0 Å². The Morgan fingerprint density at radius 3 is 2.41 bits per heavy atom. The second kappa shape index (κ2) is 4.98. The van der Waals surface area contributed by atoms with Crippen molar-refractivity contribution in [2.24, 2.45) is 40.4 Å². The van der Waals surface area contributed by atoms with Gasteiger partial charge in [-0.25, -0.2) is 0 Å². The van der Waals surface area contributed by atoms with Crippen molar-refractivity contribution in [3.8, 4) is 0 Å². The molecule has 2 nitrogen and oxygen atoms in total. The summed E-state index contributed by atoms with van der Waals surface area (Å²) in [7, 11) is 0. The van der Waals surface area contributed by atoms with E-state index in [-0.39, 0.29) is 11.3 Å². The monoisotopic (exact) mass is 304 g/mol. The lowest BCUT2D eigenvalue weighted by Crippen LogP contribution is -2.53. The summed E-state index contributed by atoms with van der Waals surface area (Å²) in [4.78, 5) is 11.7. The SMILES string of the molecule is C[C@]12CCCC[C@@H]1CC[C@@H]1[C@@H]2CC[C@]2(C)[C@@H](C(=O)O)CC[C@@H]12. The Morgan fingerprint density at radius 1 is 0.864 bits per heavy atom. The van der Waals surface area contributed by atoms with Gasteiger partial charge in [0.05, 0.1) is 5.92 Å². The molecule has 0 bridgehead atoms. The minimum Gasteiger partial charge on any atom is -0.481 e. The van der Waals surface area contributed by atoms with E-state index < -0.39 is 5.97 Å². The van der Waals surface area contributed by atoms with Crippen LogP contribution in [0.2, 0.25) is 0 Å². The molecule has 1 N–H and O–H groups in total. The van der Waals surface area contributed by atoms with Gasteiger partial charge in [-0.15, -0.1) is 0 Å². The van der Waals surface area contributed by atoms with Crippen LogP contribution in [0.4, 0.5) is 0 Å². The molecule has 0 saturated heterocycles. The highest BCUT2D eigenvalue weighted by atomic mass is 16.4. The van der Waals surface area contributed by atoms with Gasteiger partial charge in [-0.3, -0.25) is 4.79 Å².